The van der Waals surface area contributed by atoms with Gasteiger partial charge in [0.2, 0.25) is 0 Å². The van der Waals surface area contributed by atoms with E-state index in [1.54, 1.807) is 0 Å². The molecule has 0 saturated carbocycles. The molecule has 0 saturated heterocycles. The Kier molecular flexibility index (Phi) is 4.77. The zero-order valence-corrected chi connectivity index (χ0v) is 5.89. The lowest BCUT2D eigenvalue weighted by molar-refractivity contribution is -0.110. The van der Waals surface area contributed by atoms with Crippen LogP contribution in [-0.4, -0.2) is 5.12 Å². The van der Waals surface area contributed by atoms with Gasteiger partial charge in [0.1, 0.15) is 0 Å². The van der Waals surface area contributed by atoms with E-state index in [1.165, 1.54) is 0 Å². The molecule has 0 N–H and O–H groups in total. The number of hydrogen-bond acceptors (Lipinski definition) is 3. The van der Waals surface area contributed by atoms with E-state index in [9.17, 15) is 4.79 Å². The van der Waals surface area contributed by atoms with Crippen molar-refractivity contribution in [1.82, 2.24) is 0 Å². The van der Waals surface area contributed by atoms with Crippen LogP contribution < -0.4 is 0 Å². The maximum atomic E-state index is 10.3. The monoisotopic (exact) mass is 136 g/mol. The Hall–Kier alpha value is 0.370. The van der Waals surface area contributed by atoms with E-state index in [0.717, 1.165) is 17.2 Å². The second-order valence-electron chi connectivity index (χ2n) is 1.21. The lowest BCUT2D eigenvalue weighted by Crippen LogP contribution is -1.83. The molecule has 42 valence electrons. The van der Waals surface area contributed by atoms with Gasteiger partial charge in [-0.3, -0.25) is 4.79 Å². The Balaban J connectivity index is 3.00. The maximum absolute atomic E-state index is 10.3. The van der Waals surface area contributed by atoms with Gasteiger partial charge in [-0.25, -0.2) is 0 Å². The average Bonchev–Trinajstić information content (AvgIpc) is 1.68. The van der Waals surface area contributed by atoms with Crippen LogP contribution in [0.3, 0.4) is 0 Å². The number of rotatable bonds is 2. The third kappa shape index (κ3) is 4.22. The molecule has 3 heteroatoms. The molecule has 0 radical (unpaired) electrons. The highest BCUT2D eigenvalue weighted by Gasteiger charge is 1.93. The number of hydrogen-bond donors (Lipinski definition) is 1. The van der Waals surface area contributed by atoms with Crippen molar-refractivity contribution in [3.8, 4) is 0 Å². The second kappa shape index (κ2) is 4.53. The van der Waals surface area contributed by atoms with Crippen molar-refractivity contribution in [2.75, 3.05) is 0 Å². The minimum Gasteiger partial charge on any atom is -0.286 e. The molecule has 0 bridgehead atoms. The molecule has 0 atom stereocenters. The standard InChI is InChI=1S/C4H8OS2/c1-2-3-4(5)7-6/h6H,2-3H2,1H3. The van der Waals surface area contributed by atoms with Crippen LogP contribution in [0.5, 0.6) is 0 Å². The van der Waals surface area contributed by atoms with E-state index >= 15 is 0 Å². The summed E-state index contributed by atoms with van der Waals surface area (Å²) >= 11 is 3.72. The summed E-state index contributed by atoms with van der Waals surface area (Å²) in [7, 11) is 1.00. The topological polar surface area (TPSA) is 17.1 Å². The van der Waals surface area contributed by atoms with Gasteiger partial charge in [0.15, 0.2) is 5.12 Å². The van der Waals surface area contributed by atoms with E-state index in [4.69, 9.17) is 0 Å². The van der Waals surface area contributed by atoms with E-state index in [1.807, 2.05) is 6.92 Å². The van der Waals surface area contributed by atoms with Crippen LogP contribution in [0.2, 0.25) is 0 Å². The van der Waals surface area contributed by atoms with Crippen molar-refractivity contribution in [2.24, 2.45) is 0 Å². The summed E-state index contributed by atoms with van der Waals surface area (Å²) in [4.78, 5) is 10.3. The summed E-state index contributed by atoms with van der Waals surface area (Å²) in [6, 6.07) is 0. The van der Waals surface area contributed by atoms with E-state index < -0.39 is 0 Å². The molecule has 1 nitrogen and oxygen atoms in total. The van der Waals surface area contributed by atoms with Gasteiger partial charge in [0, 0.05) is 6.42 Å². The normalized spacial score (nSPS) is 8.86. The molecular formula is C4H8OS2. The fourth-order valence-electron chi connectivity index (χ4n) is 0.250. The molecule has 0 unspecified atom stereocenters. The summed E-state index contributed by atoms with van der Waals surface area (Å²) in [5, 5.41) is 0.158. The summed E-state index contributed by atoms with van der Waals surface area (Å²) in [6.07, 6.45) is 1.57. The summed E-state index contributed by atoms with van der Waals surface area (Å²) < 4.78 is 0. The first-order chi connectivity index (χ1) is 3.31. The summed E-state index contributed by atoms with van der Waals surface area (Å²) in [6.45, 7) is 1.97. The molecule has 7 heavy (non-hydrogen) atoms. The number of carbonyl (C=O) groups is 1. The second-order valence-corrected chi connectivity index (χ2v) is 2.40. The summed E-state index contributed by atoms with van der Waals surface area (Å²) in [5.74, 6) is 0. The van der Waals surface area contributed by atoms with Crippen molar-refractivity contribution in [1.29, 1.82) is 0 Å². The van der Waals surface area contributed by atoms with Gasteiger partial charge in [-0.2, -0.15) is 0 Å². The zero-order chi connectivity index (χ0) is 5.70. The van der Waals surface area contributed by atoms with Crippen molar-refractivity contribution in [3.63, 3.8) is 0 Å². The first-order valence-corrected chi connectivity index (χ1v) is 4.02. The highest BCUT2D eigenvalue weighted by atomic mass is 33.1. The average molecular weight is 136 g/mol. The fourth-order valence-corrected chi connectivity index (χ4v) is 0.819. The van der Waals surface area contributed by atoms with Gasteiger partial charge in [-0.05, 0) is 17.2 Å². The maximum Gasteiger partial charge on any atom is 0.199 e. The van der Waals surface area contributed by atoms with Gasteiger partial charge in [0.05, 0.1) is 0 Å². The molecule has 0 aromatic rings. The molecule has 0 fully saturated rings. The Bertz CT molecular complexity index is 62.7. The van der Waals surface area contributed by atoms with Crippen molar-refractivity contribution >= 4 is 27.6 Å². The van der Waals surface area contributed by atoms with Crippen LogP contribution in [0.15, 0.2) is 0 Å². The minimum atomic E-state index is 0.158. The smallest absolute Gasteiger partial charge is 0.199 e. The lowest BCUT2D eigenvalue weighted by atomic mass is 10.4. The van der Waals surface area contributed by atoms with Gasteiger partial charge in [0.25, 0.3) is 0 Å². The van der Waals surface area contributed by atoms with Crippen LogP contribution in [0.25, 0.3) is 0 Å². The van der Waals surface area contributed by atoms with Crippen molar-refractivity contribution in [3.05, 3.63) is 0 Å². The van der Waals surface area contributed by atoms with E-state index in [2.05, 4.69) is 11.7 Å². The summed E-state index contributed by atoms with van der Waals surface area (Å²) in [5.41, 5.74) is 0. The Morgan fingerprint density at radius 1 is 1.86 bits per heavy atom. The first kappa shape index (κ1) is 7.37. The molecular weight excluding hydrogens is 128 g/mol. The fraction of sp³-hybridized carbons (Fsp3) is 0.750. The first-order valence-electron chi connectivity index (χ1n) is 2.15. The Morgan fingerprint density at radius 3 is 2.57 bits per heavy atom. The van der Waals surface area contributed by atoms with Gasteiger partial charge in [-0.1, -0.05) is 6.92 Å². The van der Waals surface area contributed by atoms with Crippen LogP contribution in [0.4, 0.5) is 0 Å². The lowest BCUT2D eigenvalue weighted by Gasteiger charge is -1.85. The molecule has 0 aromatic heterocycles. The number of carbonyl (C=O) groups excluding carboxylic acids is 1. The quantitative estimate of drug-likeness (QED) is 0.461. The molecule has 0 aliphatic heterocycles. The minimum absolute atomic E-state index is 0.158. The molecule has 0 spiro atoms. The third-order valence-corrected chi connectivity index (χ3v) is 1.57. The molecule has 0 heterocycles. The molecule has 0 aromatic carbocycles. The Morgan fingerprint density at radius 2 is 2.43 bits per heavy atom. The van der Waals surface area contributed by atoms with Crippen LogP contribution >= 0.6 is 22.5 Å². The van der Waals surface area contributed by atoms with Crippen LogP contribution in [0.1, 0.15) is 19.8 Å². The highest BCUT2D eigenvalue weighted by molar-refractivity contribution is 8.74. The highest BCUT2D eigenvalue weighted by Crippen LogP contribution is 2.09. The van der Waals surface area contributed by atoms with E-state index in [0.29, 0.717) is 6.42 Å². The largest absolute Gasteiger partial charge is 0.286 e. The van der Waals surface area contributed by atoms with Crippen LogP contribution in [-0.2, 0) is 4.79 Å². The molecule has 0 amide bonds. The zero-order valence-electron chi connectivity index (χ0n) is 4.18. The molecule has 0 rings (SSSR count). The van der Waals surface area contributed by atoms with Crippen molar-refractivity contribution in [2.45, 2.75) is 19.8 Å². The molecule has 0 aliphatic rings. The third-order valence-electron chi connectivity index (χ3n) is 0.556. The van der Waals surface area contributed by atoms with Gasteiger partial charge in [-0.15, -0.1) is 11.7 Å². The van der Waals surface area contributed by atoms with Gasteiger partial charge < -0.3 is 0 Å². The Labute approximate surface area is 52.7 Å². The molecule has 0 aliphatic carbocycles. The van der Waals surface area contributed by atoms with Crippen molar-refractivity contribution < 1.29 is 4.79 Å². The van der Waals surface area contributed by atoms with Gasteiger partial charge >= 0.3 is 0 Å². The SMILES string of the molecule is CCCC(=O)SS. The predicted molar refractivity (Wildman–Crippen MR) is 36.5 cm³/mol. The van der Waals surface area contributed by atoms with E-state index in [-0.39, 0.29) is 5.12 Å². The number of thiol groups is 1. The van der Waals surface area contributed by atoms with Crippen LogP contribution in [0, 0.1) is 0 Å². The predicted octanol–water partition coefficient (Wildman–Crippen LogP) is 1.89.